The SMILES string of the molecule is CCCc1ccc([C@H]2CC[C@H](CCC(C)c3ccc(C(=O)O)cc3)CC2)cc1. The number of rotatable bonds is 8. The lowest BCUT2D eigenvalue weighted by molar-refractivity contribution is 0.0697. The minimum Gasteiger partial charge on any atom is -0.478 e. The zero-order valence-corrected chi connectivity index (χ0v) is 17.4. The van der Waals surface area contributed by atoms with Crippen molar-refractivity contribution in [2.24, 2.45) is 5.92 Å². The molecule has 0 saturated heterocycles. The zero-order chi connectivity index (χ0) is 19.9. The largest absolute Gasteiger partial charge is 0.478 e. The molecule has 0 bridgehead atoms. The fourth-order valence-corrected chi connectivity index (χ4v) is 4.64. The number of carboxylic acids is 1. The van der Waals surface area contributed by atoms with E-state index in [1.807, 2.05) is 12.1 Å². The van der Waals surface area contributed by atoms with Crippen LogP contribution in [0.15, 0.2) is 48.5 Å². The van der Waals surface area contributed by atoms with E-state index in [1.54, 1.807) is 12.1 Å². The van der Waals surface area contributed by atoms with E-state index < -0.39 is 5.97 Å². The Kier molecular flexibility index (Phi) is 7.30. The summed E-state index contributed by atoms with van der Waals surface area (Å²) in [6.07, 6.45) is 10.2. The quantitative estimate of drug-likeness (QED) is 0.527. The van der Waals surface area contributed by atoms with E-state index in [9.17, 15) is 4.79 Å². The van der Waals surface area contributed by atoms with E-state index >= 15 is 0 Å². The minimum absolute atomic E-state index is 0.372. The number of benzene rings is 2. The Morgan fingerprint density at radius 3 is 2.21 bits per heavy atom. The summed E-state index contributed by atoms with van der Waals surface area (Å²) in [5, 5.41) is 9.03. The lowest BCUT2D eigenvalue weighted by Crippen LogP contribution is -2.14. The first-order valence-electron chi connectivity index (χ1n) is 11.0. The van der Waals surface area contributed by atoms with Gasteiger partial charge < -0.3 is 5.11 Å². The molecule has 1 fully saturated rings. The van der Waals surface area contributed by atoms with Crippen LogP contribution in [-0.4, -0.2) is 11.1 Å². The van der Waals surface area contributed by atoms with E-state index in [0.29, 0.717) is 11.5 Å². The molecule has 1 aliphatic carbocycles. The lowest BCUT2D eigenvalue weighted by atomic mass is 9.76. The predicted octanol–water partition coefficient (Wildman–Crippen LogP) is 7.20. The molecule has 2 aromatic carbocycles. The molecule has 2 nitrogen and oxygen atoms in total. The maximum absolute atomic E-state index is 11.0. The van der Waals surface area contributed by atoms with E-state index in [4.69, 9.17) is 5.11 Å². The van der Waals surface area contributed by atoms with Crippen molar-refractivity contribution in [1.82, 2.24) is 0 Å². The van der Waals surface area contributed by atoms with Crippen molar-refractivity contribution in [3.8, 4) is 0 Å². The van der Waals surface area contributed by atoms with E-state index in [1.165, 1.54) is 68.1 Å². The number of hydrogen-bond donors (Lipinski definition) is 1. The molecule has 0 aromatic heterocycles. The molecule has 28 heavy (non-hydrogen) atoms. The molecule has 1 atom stereocenters. The van der Waals surface area contributed by atoms with Crippen molar-refractivity contribution < 1.29 is 9.90 Å². The van der Waals surface area contributed by atoms with Crippen LogP contribution in [0.25, 0.3) is 0 Å². The van der Waals surface area contributed by atoms with Gasteiger partial charge in [-0.3, -0.25) is 0 Å². The predicted molar refractivity (Wildman–Crippen MR) is 116 cm³/mol. The summed E-state index contributed by atoms with van der Waals surface area (Å²) >= 11 is 0. The molecular weight excluding hydrogens is 344 g/mol. The monoisotopic (exact) mass is 378 g/mol. The highest BCUT2D eigenvalue weighted by Crippen LogP contribution is 2.38. The Hall–Kier alpha value is -2.09. The average Bonchev–Trinajstić information content (AvgIpc) is 2.73. The van der Waals surface area contributed by atoms with Crippen LogP contribution in [0, 0.1) is 5.92 Å². The van der Waals surface area contributed by atoms with Gasteiger partial charge in [0.1, 0.15) is 0 Å². The van der Waals surface area contributed by atoms with Gasteiger partial charge in [0.25, 0.3) is 0 Å². The van der Waals surface area contributed by atoms with Gasteiger partial charge in [0.2, 0.25) is 0 Å². The fourth-order valence-electron chi connectivity index (χ4n) is 4.64. The summed E-state index contributed by atoms with van der Waals surface area (Å²) in [6.45, 7) is 4.50. The first-order chi connectivity index (χ1) is 13.6. The summed E-state index contributed by atoms with van der Waals surface area (Å²) in [7, 11) is 0. The summed E-state index contributed by atoms with van der Waals surface area (Å²) in [5.41, 5.74) is 4.62. The van der Waals surface area contributed by atoms with Crippen molar-refractivity contribution in [1.29, 1.82) is 0 Å². The first kappa shape index (κ1) is 20.6. The van der Waals surface area contributed by atoms with Crippen LogP contribution in [0.5, 0.6) is 0 Å². The Labute approximate surface area is 170 Å². The third-order valence-corrected chi connectivity index (χ3v) is 6.57. The van der Waals surface area contributed by atoms with Crippen LogP contribution in [0.1, 0.15) is 97.7 Å². The highest BCUT2D eigenvalue weighted by atomic mass is 16.4. The van der Waals surface area contributed by atoms with E-state index in [0.717, 1.165) is 11.8 Å². The number of aromatic carboxylic acids is 1. The number of aryl methyl sites for hydroxylation is 1. The molecule has 3 rings (SSSR count). The highest BCUT2D eigenvalue weighted by molar-refractivity contribution is 5.87. The van der Waals surface area contributed by atoms with E-state index in [-0.39, 0.29) is 0 Å². The van der Waals surface area contributed by atoms with Crippen molar-refractivity contribution in [2.75, 3.05) is 0 Å². The van der Waals surface area contributed by atoms with Gasteiger partial charge in [-0.25, -0.2) is 4.79 Å². The Morgan fingerprint density at radius 1 is 1.00 bits per heavy atom. The van der Waals surface area contributed by atoms with Crippen LogP contribution in [0.2, 0.25) is 0 Å². The number of hydrogen-bond acceptors (Lipinski definition) is 1. The Morgan fingerprint density at radius 2 is 1.64 bits per heavy atom. The van der Waals surface area contributed by atoms with Crippen LogP contribution in [-0.2, 0) is 6.42 Å². The first-order valence-corrected chi connectivity index (χ1v) is 11.0. The molecule has 1 unspecified atom stereocenters. The van der Waals surface area contributed by atoms with Gasteiger partial charge in [0.05, 0.1) is 5.56 Å². The van der Waals surface area contributed by atoms with Gasteiger partial charge in [-0.15, -0.1) is 0 Å². The molecule has 1 aliphatic rings. The second-order valence-corrected chi connectivity index (χ2v) is 8.61. The van der Waals surface area contributed by atoms with Crippen LogP contribution >= 0.6 is 0 Å². The van der Waals surface area contributed by atoms with Crippen molar-refractivity contribution in [2.45, 2.75) is 77.0 Å². The van der Waals surface area contributed by atoms with Crippen LogP contribution < -0.4 is 0 Å². The summed E-state index contributed by atoms with van der Waals surface area (Å²) in [5.74, 6) is 1.23. The normalized spacial score (nSPS) is 20.6. The van der Waals surface area contributed by atoms with Crippen molar-refractivity contribution in [3.05, 3.63) is 70.8 Å². The van der Waals surface area contributed by atoms with Crippen molar-refractivity contribution in [3.63, 3.8) is 0 Å². The number of carboxylic acid groups (broad SMARTS) is 1. The molecule has 0 amide bonds. The second kappa shape index (κ2) is 9.91. The molecule has 0 aliphatic heterocycles. The topological polar surface area (TPSA) is 37.3 Å². The molecule has 0 radical (unpaired) electrons. The van der Waals surface area contributed by atoms with Gasteiger partial charge in [-0.2, -0.15) is 0 Å². The second-order valence-electron chi connectivity index (χ2n) is 8.61. The van der Waals surface area contributed by atoms with E-state index in [2.05, 4.69) is 38.1 Å². The zero-order valence-electron chi connectivity index (χ0n) is 17.4. The standard InChI is InChI=1S/C26H34O2/c1-3-4-20-7-11-23(12-8-20)24-13-9-21(10-14-24)6-5-19(2)22-15-17-25(18-16-22)26(27)28/h7-8,11-12,15-19,21,24H,3-6,9-10,13-14H2,1-2H3,(H,27,28)/t19?,21-,24-. The van der Waals surface area contributed by atoms with Crippen molar-refractivity contribution >= 4 is 5.97 Å². The van der Waals surface area contributed by atoms with Gasteiger partial charge in [0.15, 0.2) is 0 Å². The highest BCUT2D eigenvalue weighted by Gasteiger charge is 2.23. The molecule has 1 saturated carbocycles. The molecule has 2 heteroatoms. The Bertz CT molecular complexity index is 737. The summed E-state index contributed by atoms with van der Waals surface area (Å²) in [4.78, 5) is 11.0. The minimum atomic E-state index is -0.851. The average molecular weight is 379 g/mol. The van der Waals surface area contributed by atoms with Gasteiger partial charge in [-0.1, -0.05) is 56.7 Å². The van der Waals surface area contributed by atoms with Gasteiger partial charge in [-0.05, 0) is 91.5 Å². The molecule has 1 N–H and O–H groups in total. The van der Waals surface area contributed by atoms with Crippen LogP contribution in [0.4, 0.5) is 0 Å². The third kappa shape index (κ3) is 5.47. The Balaban J connectivity index is 1.44. The maximum atomic E-state index is 11.0. The molecule has 0 spiro atoms. The summed E-state index contributed by atoms with van der Waals surface area (Å²) in [6, 6.07) is 16.8. The molecule has 0 heterocycles. The maximum Gasteiger partial charge on any atom is 0.335 e. The molecule has 150 valence electrons. The third-order valence-electron chi connectivity index (χ3n) is 6.57. The number of carbonyl (C=O) groups is 1. The lowest BCUT2D eigenvalue weighted by Gasteiger charge is -2.29. The van der Waals surface area contributed by atoms with Gasteiger partial charge in [0, 0.05) is 0 Å². The fraction of sp³-hybridized carbons (Fsp3) is 0.500. The summed E-state index contributed by atoms with van der Waals surface area (Å²) < 4.78 is 0. The molecular formula is C26H34O2. The molecule has 2 aromatic rings. The van der Waals surface area contributed by atoms with Crippen LogP contribution in [0.3, 0.4) is 0 Å². The smallest absolute Gasteiger partial charge is 0.335 e. The van der Waals surface area contributed by atoms with Gasteiger partial charge >= 0.3 is 5.97 Å².